The maximum atomic E-state index is 11.7. The third kappa shape index (κ3) is 7.24. The standard InChI is InChI=1S/C16H26BrN3O2/c1-4-20(5-2)9-11-22-10-8-18-16(21)19-14-7-6-13(3)15(17)12-14/h6-7,12H,4-5,8-11H2,1-3H3,(H2,18,19,21). The maximum Gasteiger partial charge on any atom is 0.319 e. The fraction of sp³-hybridized carbons (Fsp3) is 0.562. The van der Waals surface area contributed by atoms with Crippen molar-refractivity contribution in [2.45, 2.75) is 20.8 Å². The summed E-state index contributed by atoms with van der Waals surface area (Å²) in [5, 5.41) is 5.57. The molecule has 2 amide bonds. The van der Waals surface area contributed by atoms with Gasteiger partial charge in [-0.3, -0.25) is 0 Å². The summed E-state index contributed by atoms with van der Waals surface area (Å²) in [6, 6.07) is 5.49. The molecule has 2 N–H and O–H groups in total. The Hall–Kier alpha value is -1.11. The first-order valence-corrected chi connectivity index (χ1v) is 8.47. The van der Waals surface area contributed by atoms with Crippen LogP contribution in [0, 0.1) is 6.92 Å². The van der Waals surface area contributed by atoms with Crippen molar-refractivity contribution in [3.05, 3.63) is 28.2 Å². The summed E-state index contributed by atoms with van der Waals surface area (Å²) in [6.45, 7) is 11.0. The van der Waals surface area contributed by atoms with Crippen molar-refractivity contribution < 1.29 is 9.53 Å². The number of hydrogen-bond acceptors (Lipinski definition) is 3. The number of benzene rings is 1. The smallest absolute Gasteiger partial charge is 0.319 e. The van der Waals surface area contributed by atoms with Gasteiger partial charge in [0.05, 0.1) is 13.2 Å². The van der Waals surface area contributed by atoms with Crippen molar-refractivity contribution in [2.24, 2.45) is 0 Å². The average Bonchev–Trinajstić information content (AvgIpc) is 2.50. The van der Waals surface area contributed by atoms with E-state index in [0.29, 0.717) is 19.8 Å². The lowest BCUT2D eigenvalue weighted by Crippen LogP contribution is -2.32. The molecule has 0 atom stereocenters. The molecule has 1 aromatic carbocycles. The molecule has 0 saturated heterocycles. The van der Waals surface area contributed by atoms with Gasteiger partial charge in [-0.2, -0.15) is 0 Å². The fourth-order valence-corrected chi connectivity index (χ4v) is 2.30. The molecule has 0 radical (unpaired) electrons. The molecule has 22 heavy (non-hydrogen) atoms. The second kappa shape index (κ2) is 10.6. The maximum absolute atomic E-state index is 11.7. The second-order valence-corrected chi connectivity index (χ2v) is 5.84. The van der Waals surface area contributed by atoms with Gasteiger partial charge >= 0.3 is 6.03 Å². The van der Waals surface area contributed by atoms with Crippen LogP contribution >= 0.6 is 15.9 Å². The largest absolute Gasteiger partial charge is 0.378 e. The van der Waals surface area contributed by atoms with E-state index in [2.05, 4.69) is 45.3 Å². The summed E-state index contributed by atoms with van der Waals surface area (Å²) in [6.07, 6.45) is 0. The van der Waals surface area contributed by atoms with Gasteiger partial charge in [0.25, 0.3) is 0 Å². The van der Waals surface area contributed by atoms with Gasteiger partial charge in [-0.15, -0.1) is 0 Å². The Morgan fingerprint density at radius 3 is 2.64 bits per heavy atom. The van der Waals surface area contributed by atoms with E-state index in [4.69, 9.17) is 4.74 Å². The minimum absolute atomic E-state index is 0.219. The van der Waals surface area contributed by atoms with Crippen molar-refractivity contribution >= 4 is 27.6 Å². The highest BCUT2D eigenvalue weighted by Crippen LogP contribution is 2.20. The van der Waals surface area contributed by atoms with E-state index in [1.807, 2.05) is 25.1 Å². The van der Waals surface area contributed by atoms with Crippen LogP contribution in [-0.2, 0) is 4.74 Å². The van der Waals surface area contributed by atoms with E-state index in [9.17, 15) is 4.79 Å². The number of nitrogens with zero attached hydrogens (tertiary/aromatic N) is 1. The number of likely N-dealkylation sites (N-methyl/N-ethyl adjacent to an activating group) is 1. The fourth-order valence-electron chi connectivity index (χ4n) is 1.92. The van der Waals surface area contributed by atoms with Crippen molar-refractivity contribution in [3.8, 4) is 0 Å². The Kier molecular flexibility index (Phi) is 9.11. The van der Waals surface area contributed by atoms with Crippen LogP contribution in [0.4, 0.5) is 10.5 Å². The Morgan fingerprint density at radius 1 is 1.27 bits per heavy atom. The molecule has 124 valence electrons. The molecule has 0 heterocycles. The molecule has 0 spiro atoms. The van der Waals surface area contributed by atoms with Gasteiger partial charge in [0.1, 0.15) is 0 Å². The van der Waals surface area contributed by atoms with Crippen molar-refractivity contribution in [1.29, 1.82) is 0 Å². The minimum Gasteiger partial charge on any atom is -0.378 e. The third-order valence-electron chi connectivity index (χ3n) is 3.41. The first-order valence-electron chi connectivity index (χ1n) is 7.67. The lowest BCUT2D eigenvalue weighted by Gasteiger charge is -2.17. The Morgan fingerprint density at radius 2 is 2.00 bits per heavy atom. The molecule has 5 nitrogen and oxygen atoms in total. The molecular formula is C16H26BrN3O2. The highest BCUT2D eigenvalue weighted by atomic mass is 79.9. The zero-order chi connectivity index (χ0) is 16.4. The first-order chi connectivity index (χ1) is 10.6. The summed E-state index contributed by atoms with van der Waals surface area (Å²) in [5.41, 5.74) is 1.89. The summed E-state index contributed by atoms with van der Waals surface area (Å²) in [4.78, 5) is 14.0. The lowest BCUT2D eigenvalue weighted by atomic mass is 10.2. The molecule has 0 aliphatic heterocycles. The molecule has 0 aliphatic rings. The number of rotatable bonds is 9. The van der Waals surface area contributed by atoms with Gasteiger partial charge < -0.3 is 20.3 Å². The van der Waals surface area contributed by atoms with Crippen molar-refractivity contribution in [3.63, 3.8) is 0 Å². The third-order valence-corrected chi connectivity index (χ3v) is 4.26. The van der Waals surface area contributed by atoms with Gasteiger partial charge in [-0.25, -0.2) is 4.79 Å². The van der Waals surface area contributed by atoms with Crippen LogP contribution in [0.2, 0.25) is 0 Å². The topological polar surface area (TPSA) is 53.6 Å². The lowest BCUT2D eigenvalue weighted by molar-refractivity contribution is 0.110. The molecule has 6 heteroatoms. The van der Waals surface area contributed by atoms with Crippen LogP contribution in [-0.4, -0.2) is 50.3 Å². The van der Waals surface area contributed by atoms with E-state index in [1.165, 1.54) is 0 Å². The monoisotopic (exact) mass is 371 g/mol. The normalized spacial score (nSPS) is 10.8. The molecule has 0 aliphatic carbocycles. The van der Waals surface area contributed by atoms with Crippen molar-refractivity contribution in [2.75, 3.05) is 44.7 Å². The predicted octanol–water partition coefficient (Wildman–Crippen LogP) is 3.24. The van der Waals surface area contributed by atoms with Gasteiger partial charge in [-0.1, -0.05) is 35.8 Å². The van der Waals surface area contributed by atoms with Gasteiger partial charge in [0.15, 0.2) is 0 Å². The molecule has 0 fully saturated rings. The van der Waals surface area contributed by atoms with E-state index in [0.717, 1.165) is 35.4 Å². The van der Waals surface area contributed by atoms with Crippen LogP contribution in [0.15, 0.2) is 22.7 Å². The zero-order valence-electron chi connectivity index (χ0n) is 13.6. The molecule has 0 bridgehead atoms. The van der Waals surface area contributed by atoms with E-state index in [-0.39, 0.29) is 6.03 Å². The number of carbonyl (C=O) groups excluding carboxylic acids is 1. The van der Waals surface area contributed by atoms with E-state index >= 15 is 0 Å². The second-order valence-electron chi connectivity index (χ2n) is 4.98. The van der Waals surface area contributed by atoms with Gasteiger partial charge in [-0.05, 0) is 37.7 Å². The van der Waals surface area contributed by atoms with Crippen LogP contribution < -0.4 is 10.6 Å². The van der Waals surface area contributed by atoms with E-state index < -0.39 is 0 Å². The Labute approximate surface area is 141 Å². The number of ether oxygens (including phenoxy) is 1. The number of hydrogen-bond donors (Lipinski definition) is 2. The summed E-state index contributed by atoms with van der Waals surface area (Å²) in [7, 11) is 0. The highest BCUT2D eigenvalue weighted by Gasteiger charge is 2.03. The Bertz CT molecular complexity index is 465. The summed E-state index contributed by atoms with van der Waals surface area (Å²) in [5.74, 6) is 0. The number of amides is 2. The van der Waals surface area contributed by atoms with Crippen LogP contribution in [0.5, 0.6) is 0 Å². The molecule has 0 unspecified atom stereocenters. The minimum atomic E-state index is -0.219. The van der Waals surface area contributed by atoms with E-state index in [1.54, 1.807) is 0 Å². The summed E-state index contributed by atoms with van der Waals surface area (Å²) < 4.78 is 6.49. The highest BCUT2D eigenvalue weighted by molar-refractivity contribution is 9.10. The quantitative estimate of drug-likeness (QED) is 0.655. The van der Waals surface area contributed by atoms with Crippen LogP contribution in [0.3, 0.4) is 0 Å². The predicted molar refractivity (Wildman–Crippen MR) is 94.5 cm³/mol. The number of carbonyl (C=O) groups is 1. The SMILES string of the molecule is CCN(CC)CCOCCNC(=O)Nc1ccc(C)c(Br)c1. The summed E-state index contributed by atoms with van der Waals surface area (Å²) >= 11 is 3.44. The average molecular weight is 372 g/mol. The number of nitrogens with one attached hydrogen (secondary N) is 2. The van der Waals surface area contributed by atoms with Gasteiger partial charge in [0, 0.05) is 23.2 Å². The number of urea groups is 1. The number of anilines is 1. The van der Waals surface area contributed by atoms with Crippen molar-refractivity contribution in [1.82, 2.24) is 10.2 Å². The number of halogens is 1. The molecule has 1 aromatic rings. The van der Waals surface area contributed by atoms with Gasteiger partial charge in [0.2, 0.25) is 0 Å². The number of aryl methyl sites for hydroxylation is 1. The Balaban J connectivity index is 2.14. The molecular weight excluding hydrogens is 346 g/mol. The molecule has 0 saturated carbocycles. The van der Waals surface area contributed by atoms with Crippen LogP contribution in [0.25, 0.3) is 0 Å². The zero-order valence-corrected chi connectivity index (χ0v) is 15.2. The molecule has 0 aromatic heterocycles. The van der Waals surface area contributed by atoms with Crippen LogP contribution in [0.1, 0.15) is 19.4 Å². The molecule has 1 rings (SSSR count). The first kappa shape index (κ1) is 18.9.